The van der Waals surface area contributed by atoms with Gasteiger partial charge in [-0.3, -0.25) is 0 Å². The van der Waals surface area contributed by atoms with E-state index < -0.39 is 6.10 Å². The van der Waals surface area contributed by atoms with E-state index in [-0.39, 0.29) is 18.6 Å². The van der Waals surface area contributed by atoms with Crippen molar-refractivity contribution >= 4 is 17.1 Å². The van der Waals surface area contributed by atoms with E-state index in [4.69, 9.17) is 9.84 Å². The van der Waals surface area contributed by atoms with E-state index in [1.165, 1.54) is 52.6 Å². The molecule has 230 valence electrons. The molecule has 1 aliphatic rings. The van der Waals surface area contributed by atoms with Crippen LogP contribution in [0, 0.1) is 13.8 Å². The third kappa shape index (κ3) is 6.83. The summed E-state index contributed by atoms with van der Waals surface area (Å²) in [4.78, 5) is 2.34. The van der Waals surface area contributed by atoms with Gasteiger partial charge < -0.3 is 19.8 Å². The normalized spacial score (nSPS) is 14.9. The molecule has 1 atom stereocenters. The molecule has 5 aromatic rings. The lowest BCUT2D eigenvalue weighted by molar-refractivity contribution is 0.0536. The minimum absolute atomic E-state index is 0.0513. The number of hydrogen-bond donors (Lipinski definition) is 2. The minimum atomic E-state index is -0.876. The van der Waals surface area contributed by atoms with Crippen molar-refractivity contribution in [2.75, 3.05) is 18.1 Å². The van der Waals surface area contributed by atoms with E-state index in [1.54, 1.807) is 0 Å². The molecule has 5 aromatic carbocycles. The highest BCUT2D eigenvalue weighted by Gasteiger charge is 2.35. The van der Waals surface area contributed by atoms with Crippen molar-refractivity contribution in [2.24, 2.45) is 0 Å². The molecule has 4 nitrogen and oxygen atoms in total. The van der Waals surface area contributed by atoms with Crippen molar-refractivity contribution in [1.29, 1.82) is 0 Å². The van der Waals surface area contributed by atoms with Crippen LogP contribution in [-0.4, -0.2) is 29.5 Å². The Morgan fingerprint density at radius 2 is 1.02 bits per heavy atom. The van der Waals surface area contributed by atoms with E-state index in [0.29, 0.717) is 5.75 Å². The molecule has 0 bridgehead atoms. The van der Waals surface area contributed by atoms with Crippen molar-refractivity contribution in [2.45, 2.75) is 57.5 Å². The first-order chi connectivity index (χ1) is 21.9. The lowest BCUT2D eigenvalue weighted by Crippen LogP contribution is -2.30. The Morgan fingerprint density at radius 3 is 1.53 bits per heavy atom. The Kier molecular flexibility index (Phi) is 9.34. The SMILES string of the molecule is Cc1ccc(-c2ccc(N(c3ccc(C)cc3)c3ccc(C4(c5ccc(OCC(O)CO)cc5)CCCCC4)cc3)cc2)cc1. The zero-order chi connectivity index (χ0) is 31.2. The second kappa shape index (κ2) is 13.7. The number of nitrogens with zero attached hydrogens (tertiary/aromatic N) is 1. The van der Waals surface area contributed by atoms with Crippen LogP contribution in [0.1, 0.15) is 54.4 Å². The monoisotopic (exact) mass is 597 g/mol. The summed E-state index contributed by atoms with van der Waals surface area (Å²) in [6.45, 7) is 4.01. The largest absolute Gasteiger partial charge is 0.491 e. The van der Waals surface area contributed by atoms with Crippen LogP contribution in [0.5, 0.6) is 5.75 Å². The number of rotatable bonds is 10. The summed E-state index contributed by atoms with van der Waals surface area (Å²) in [5.41, 5.74) is 10.9. The molecule has 1 unspecified atom stereocenters. The van der Waals surface area contributed by atoms with Gasteiger partial charge in [-0.05, 0) is 97.5 Å². The third-order valence-electron chi connectivity index (χ3n) is 9.25. The molecule has 0 amide bonds. The Balaban J connectivity index is 1.32. The van der Waals surface area contributed by atoms with E-state index in [1.807, 2.05) is 12.1 Å². The average Bonchev–Trinajstić information content (AvgIpc) is 3.09. The highest BCUT2D eigenvalue weighted by atomic mass is 16.5. The van der Waals surface area contributed by atoms with Gasteiger partial charge in [0.15, 0.2) is 0 Å². The molecular weight excluding hydrogens is 554 g/mol. The first-order valence-corrected chi connectivity index (χ1v) is 16.1. The highest BCUT2D eigenvalue weighted by Crippen LogP contribution is 2.46. The number of aliphatic hydroxyl groups is 2. The number of hydrogen-bond acceptors (Lipinski definition) is 4. The van der Waals surface area contributed by atoms with Crippen LogP contribution < -0.4 is 9.64 Å². The maximum atomic E-state index is 9.68. The predicted molar refractivity (Wildman–Crippen MR) is 185 cm³/mol. The Morgan fingerprint density at radius 1 is 0.600 bits per heavy atom. The molecule has 1 aliphatic carbocycles. The maximum Gasteiger partial charge on any atom is 0.119 e. The Hall–Kier alpha value is -4.38. The van der Waals surface area contributed by atoms with Gasteiger partial charge in [-0.15, -0.1) is 0 Å². The molecule has 0 aliphatic heterocycles. The summed E-state index contributed by atoms with van der Waals surface area (Å²) in [6, 6.07) is 43.8. The third-order valence-corrected chi connectivity index (χ3v) is 9.25. The molecule has 0 heterocycles. The van der Waals surface area contributed by atoms with Crippen LogP contribution in [0.15, 0.2) is 121 Å². The summed E-state index contributed by atoms with van der Waals surface area (Å²) >= 11 is 0. The van der Waals surface area contributed by atoms with Crippen molar-refractivity contribution in [3.8, 4) is 16.9 Å². The average molecular weight is 598 g/mol. The van der Waals surface area contributed by atoms with E-state index in [2.05, 4.69) is 128 Å². The van der Waals surface area contributed by atoms with Gasteiger partial charge in [0.25, 0.3) is 0 Å². The van der Waals surface area contributed by atoms with Gasteiger partial charge in [-0.25, -0.2) is 0 Å². The fraction of sp³-hybridized carbons (Fsp3) is 0.268. The van der Waals surface area contributed by atoms with Gasteiger partial charge >= 0.3 is 0 Å². The summed E-state index contributed by atoms with van der Waals surface area (Å²) in [5.74, 6) is 0.703. The van der Waals surface area contributed by atoms with Gasteiger partial charge in [0.2, 0.25) is 0 Å². The zero-order valence-corrected chi connectivity index (χ0v) is 26.3. The number of aryl methyl sites for hydroxylation is 2. The van der Waals surface area contributed by atoms with Crippen LogP contribution in [0.2, 0.25) is 0 Å². The first-order valence-electron chi connectivity index (χ1n) is 16.1. The molecule has 0 aromatic heterocycles. The lowest BCUT2D eigenvalue weighted by Gasteiger charge is -2.39. The molecule has 0 saturated heterocycles. The number of ether oxygens (including phenoxy) is 1. The second-order valence-corrected chi connectivity index (χ2v) is 12.4. The van der Waals surface area contributed by atoms with Gasteiger partial charge in [0.05, 0.1) is 6.61 Å². The predicted octanol–water partition coefficient (Wildman–Crippen LogP) is 9.42. The fourth-order valence-electron chi connectivity index (χ4n) is 6.63. The van der Waals surface area contributed by atoms with E-state index in [9.17, 15) is 5.11 Å². The second-order valence-electron chi connectivity index (χ2n) is 12.4. The van der Waals surface area contributed by atoms with E-state index in [0.717, 1.165) is 29.9 Å². The summed E-state index contributed by atoms with van der Waals surface area (Å²) < 4.78 is 5.69. The van der Waals surface area contributed by atoms with Gasteiger partial charge in [0, 0.05) is 22.5 Å². The molecular formula is C41H43NO3. The number of anilines is 3. The fourth-order valence-corrected chi connectivity index (χ4v) is 6.63. The molecule has 1 saturated carbocycles. The molecule has 45 heavy (non-hydrogen) atoms. The lowest BCUT2D eigenvalue weighted by atomic mass is 9.65. The number of aliphatic hydroxyl groups excluding tert-OH is 2. The van der Waals surface area contributed by atoms with Crippen molar-refractivity contribution < 1.29 is 14.9 Å². The molecule has 0 radical (unpaired) electrons. The highest BCUT2D eigenvalue weighted by molar-refractivity contribution is 5.78. The Labute approximate surface area is 267 Å². The van der Waals surface area contributed by atoms with Gasteiger partial charge in [-0.1, -0.05) is 103 Å². The Bertz CT molecular complexity index is 1650. The standard InChI is InChI=1S/C41H43NO3/c1-30-6-10-32(11-7-30)33-12-20-37(21-13-33)42(36-18-8-31(2)9-19-36)38-22-14-34(15-23-38)41(26-4-3-5-27-41)35-16-24-40(25-17-35)45-29-39(44)28-43/h6-25,39,43-44H,3-5,26-29H2,1-2H3. The van der Waals surface area contributed by atoms with Gasteiger partial charge in [0.1, 0.15) is 18.5 Å². The maximum absolute atomic E-state index is 9.68. The number of benzene rings is 5. The van der Waals surface area contributed by atoms with Crippen LogP contribution in [0.4, 0.5) is 17.1 Å². The van der Waals surface area contributed by atoms with Crippen molar-refractivity contribution in [3.63, 3.8) is 0 Å². The van der Waals surface area contributed by atoms with Crippen molar-refractivity contribution in [3.05, 3.63) is 144 Å². The summed E-state index contributed by atoms with van der Waals surface area (Å²) in [6.07, 6.45) is 5.01. The molecule has 6 rings (SSSR count). The molecule has 2 N–H and O–H groups in total. The minimum Gasteiger partial charge on any atom is -0.491 e. The van der Waals surface area contributed by atoms with Crippen LogP contribution in [0.25, 0.3) is 11.1 Å². The quantitative estimate of drug-likeness (QED) is 0.168. The first kappa shape index (κ1) is 30.6. The molecule has 4 heteroatoms. The molecule has 1 fully saturated rings. The van der Waals surface area contributed by atoms with Gasteiger partial charge in [-0.2, -0.15) is 0 Å². The van der Waals surface area contributed by atoms with Crippen LogP contribution in [0.3, 0.4) is 0 Å². The smallest absolute Gasteiger partial charge is 0.119 e. The summed E-state index contributed by atoms with van der Waals surface area (Å²) in [7, 11) is 0. The van der Waals surface area contributed by atoms with Crippen molar-refractivity contribution in [1.82, 2.24) is 0 Å². The van der Waals surface area contributed by atoms with E-state index >= 15 is 0 Å². The van der Waals surface area contributed by atoms with Crippen LogP contribution in [-0.2, 0) is 5.41 Å². The van der Waals surface area contributed by atoms with Crippen LogP contribution >= 0.6 is 0 Å². The topological polar surface area (TPSA) is 52.9 Å². The summed E-state index contributed by atoms with van der Waals surface area (Å²) in [5, 5.41) is 18.8. The molecule has 0 spiro atoms. The zero-order valence-electron chi connectivity index (χ0n) is 26.3.